The summed E-state index contributed by atoms with van der Waals surface area (Å²) in [5.41, 5.74) is 0.970. The molecule has 0 saturated heterocycles. The van der Waals surface area contributed by atoms with Crippen LogP contribution in [0.3, 0.4) is 0 Å². The molecule has 2 aromatic heterocycles. The predicted molar refractivity (Wildman–Crippen MR) is 85.0 cm³/mol. The van der Waals surface area contributed by atoms with E-state index in [2.05, 4.69) is 25.7 Å². The Morgan fingerprint density at radius 2 is 1.76 bits per heavy atom. The third kappa shape index (κ3) is 3.39. The molecular weight excluding hydrogens is 335 g/mol. The number of hydrogen-bond acceptors (Lipinski definition) is 3. The van der Waals surface area contributed by atoms with Crippen molar-refractivity contribution in [1.82, 2.24) is 20.4 Å². The van der Waals surface area contributed by atoms with Crippen LogP contribution in [-0.2, 0) is 6.18 Å². The Morgan fingerprint density at radius 3 is 2.40 bits per heavy atom. The fourth-order valence-corrected chi connectivity index (χ4v) is 2.28. The number of rotatable bonds is 3. The molecule has 1 aromatic carbocycles. The highest BCUT2D eigenvalue weighted by molar-refractivity contribution is 6.04. The van der Waals surface area contributed by atoms with E-state index >= 15 is 0 Å². The number of alkyl halides is 3. The number of amides is 1. The number of aromatic nitrogens is 4. The number of halogens is 3. The van der Waals surface area contributed by atoms with Crippen LogP contribution in [0.2, 0.25) is 0 Å². The average Bonchev–Trinajstić information content (AvgIpc) is 3.15. The minimum Gasteiger partial charge on any atom is -0.317 e. The number of anilines is 1. The maximum Gasteiger partial charge on any atom is 0.437 e. The van der Waals surface area contributed by atoms with Crippen molar-refractivity contribution in [3.63, 3.8) is 0 Å². The Balaban J connectivity index is 1.84. The van der Waals surface area contributed by atoms with Gasteiger partial charge >= 0.3 is 6.18 Å². The molecule has 0 bridgehead atoms. The van der Waals surface area contributed by atoms with E-state index in [-0.39, 0.29) is 11.4 Å². The summed E-state index contributed by atoms with van der Waals surface area (Å²) in [7, 11) is 0. The molecule has 0 atom stereocenters. The highest BCUT2D eigenvalue weighted by Crippen LogP contribution is 2.34. The molecule has 0 spiro atoms. The Morgan fingerprint density at radius 1 is 1.08 bits per heavy atom. The van der Waals surface area contributed by atoms with Crippen LogP contribution in [0.1, 0.15) is 27.4 Å². The standard InChI is InChI=1S/C16H14F3N5O/c1-8-3-5-10(6-4-8)11-7-12(23-22-11)15(25)20-13-9(2)21-24-14(13)16(17,18)19/h3-7H,1-2H3,(H,20,25)(H,21,24)(H,22,23). The van der Waals surface area contributed by atoms with Gasteiger partial charge in [-0.2, -0.15) is 23.4 Å². The van der Waals surface area contributed by atoms with Crippen molar-refractivity contribution in [3.05, 3.63) is 53.0 Å². The second-order valence-corrected chi connectivity index (χ2v) is 5.56. The Bertz CT molecular complexity index is 909. The average molecular weight is 349 g/mol. The summed E-state index contributed by atoms with van der Waals surface area (Å²) >= 11 is 0. The number of benzene rings is 1. The van der Waals surface area contributed by atoms with Gasteiger partial charge in [-0.05, 0) is 19.9 Å². The van der Waals surface area contributed by atoms with Crippen molar-refractivity contribution in [1.29, 1.82) is 0 Å². The van der Waals surface area contributed by atoms with E-state index in [9.17, 15) is 18.0 Å². The maximum atomic E-state index is 12.9. The summed E-state index contributed by atoms with van der Waals surface area (Å²) in [6, 6.07) is 8.95. The number of nitrogens with one attached hydrogen (secondary N) is 3. The Kier molecular flexibility index (Phi) is 4.07. The highest BCUT2D eigenvalue weighted by atomic mass is 19.4. The number of H-pyrrole nitrogens is 2. The molecule has 0 saturated carbocycles. The predicted octanol–water partition coefficient (Wildman–Crippen LogP) is 3.69. The molecule has 3 N–H and O–H groups in total. The van der Waals surface area contributed by atoms with Crippen LogP contribution in [0.4, 0.5) is 18.9 Å². The number of carbonyl (C=O) groups is 1. The number of carbonyl (C=O) groups excluding carboxylic acids is 1. The zero-order valence-corrected chi connectivity index (χ0v) is 13.3. The van der Waals surface area contributed by atoms with Crippen molar-refractivity contribution in [2.45, 2.75) is 20.0 Å². The summed E-state index contributed by atoms with van der Waals surface area (Å²) in [5.74, 6) is -0.735. The molecule has 1 amide bonds. The summed E-state index contributed by atoms with van der Waals surface area (Å²) < 4.78 is 38.8. The summed E-state index contributed by atoms with van der Waals surface area (Å²) in [6.45, 7) is 3.33. The number of hydrogen-bond donors (Lipinski definition) is 3. The number of nitrogens with zero attached hydrogens (tertiary/aromatic N) is 2. The van der Waals surface area contributed by atoms with Crippen molar-refractivity contribution >= 4 is 11.6 Å². The number of aromatic amines is 2. The third-order valence-electron chi connectivity index (χ3n) is 3.62. The van der Waals surface area contributed by atoms with Crippen LogP contribution < -0.4 is 5.32 Å². The van der Waals surface area contributed by atoms with Crippen LogP contribution in [0, 0.1) is 13.8 Å². The van der Waals surface area contributed by atoms with Crippen LogP contribution >= 0.6 is 0 Å². The quantitative estimate of drug-likeness (QED) is 0.674. The molecule has 0 aliphatic carbocycles. The zero-order chi connectivity index (χ0) is 18.2. The molecule has 6 nitrogen and oxygen atoms in total. The Labute approximate surface area is 140 Å². The van der Waals surface area contributed by atoms with Gasteiger partial charge in [0, 0.05) is 5.56 Å². The van der Waals surface area contributed by atoms with Crippen LogP contribution in [0.25, 0.3) is 11.3 Å². The molecule has 0 aliphatic heterocycles. The Hall–Kier alpha value is -3.10. The fraction of sp³-hybridized carbons (Fsp3) is 0.188. The van der Waals surface area contributed by atoms with Gasteiger partial charge in [0.15, 0.2) is 5.69 Å². The molecule has 0 aliphatic rings. The first-order chi connectivity index (χ1) is 11.8. The molecule has 0 radical (unpaired) electrons. The molecule has 0 unspecified atom stereocenters. The lowest BCUT2D eigenvalue weighted by molar-refractivity contribution is -0.140. The molecular formula is C16H14F3N5O. The van der Waals surface area contributed by atoms with Crippen molar-refractivity contribution in [2.24, 2.45) is 0 Å². The van der Waals surface area contributed by atoms with Crippen molar-refractivity contribution < 1.29 is 18.0 Å². The molecule has 130 valence electrons. The molecule has 0 fully saturated rings. The van der Waals surface area contributed by atoms with E-state index < -0.39 is 23.5 Å². The minimum atomic E-state index is -4.67. The van der Waals surface area contributed by atoms with E-state index in [1.165, 1.54) is 13.0 Å². The zero-order valence-electron chi connectivity index (χ0n) is 13.3. The van der Waals surface area contributed by atoms with Gasteiger partial charge in [0.05, 0.1) is 17.1 Å². The van der Waals surface area contributed by atoms with Gasteiger partial charge in [0.1, 0.15) is 5.69 Å². The van der Waals surface area contributed by atoms with Gasteiger partial charge in [-0.1, -0.05) is 29.8 Å². The van der Waals surface area contributed by atoms with Gasteiger partial charge in [0.2, 0.25) is 0 Å². The summed E-state index contributed by atoms with van der Waals surface area (Å²) in [5, 5.41) is 14.2. The largest absolute Gasteiger partial charge is 0.437 e. The normalized spacial score (nSPS) is 11.6. The molecule has 3 rings (SSSR count). The lowest BCUT2D eigenvalue weighted by atomic mass is 10.1. The lowest BCUT2D eigenvalue weighted by Crippen LogP contribution is -2.17. The SMILES string of the molecule is Cc1ccc(-c2cc(C(=O)Nc3c(C(F)(F)F)n[nH]c3C)[nH]n2)cc1. The van der Waals surface area contributed by atoms with Gasteiger partial charge < -0.3 is 5.32 Å². The summed E-state index contributed by atoms with van der Waals surface area (Å²) in [6.07, 6.45) is -4.67. The topological polar surface area (TPSA) is 86.5 Å². The molecule has 9 heteroatoms. The van der Waals surface area contributed by atoms with E-state index in [1.807, 2.05) is 31.2 Å². The van der Waals surface area contributed by atoms with E-state index in [1.54, 1.807) is 0 Å². The van der Waals surface area contributed by atoms with Gasteiger partial charge in [-0.15, -0.1) is 0 Å². The van der Waals surface area contributed by atoms with Crippen LogP contribution in [0.15, 0.2) is 30.3 Å². The third-order valence-corrected chi connectivity index (χ3v) is 3.62. The first-order valence-electron chi connectivity index (χ1n) is 7.31. The summed E-state index contributed by atoms with van der Waals surface area (Å²) in [4.78, 5) is 12.3. The highest BCUT2D eigenvalue weighted by Gasteiger charge is 2.38. The minimum absolute atomic E-state index is 0.0456. The van der Waals surface area contributed by atoms with Crippen LogP contribution in [-0.4, -0.2) is 26.3 Å². The smallest absolute Gasteiger partial charge is 0.317 e. The monoisotopic (exact) mass is 349 g/mol. The van der Waals surface area contributed by atoms with Crippen LogP contribution in [0.5, 0.6) is 0 Å². The van der Waals surface area contributed by atoms with E-state index in [0.717, 1.165) is 11.1 Å². The molecule has 25 heavy (non-hydrogen) atoms. The number of aryl methyl sites for hydroxylation is 2. The first kappa shape index (κ1) is 16.7. The maximum absolute atomic E-state index is 12.9. The fourth-order valence-electron chi connectivity index (χ4n) is 2.28. The lowest BCUT2D eigenvalue weighted by Gasteiger charge is -2.07. The van der Waals surface area contributed by atoms with Crippen molar-refractivity contribution in [3.8, 4) is 11.3 Å². The second kappa shape index (κ2) is 6.08. The van der Waals surface area contributed by atoms with Crippen molar-refractivity contribution in [2.75, 3.05) is 5.32 Å². The van der Waals surface area contributed by atoms with Gasteiger partial charge in [0.25, 0.3) is 5.91 Å². The van der Waals surface area contributed by atoms with Gasteiger partial charge in [-0.25, -0.2) is 0 Å². The first-order valence-corrected chi connectivity index (χ1v) is 7.31. The van der Waals surface area contributed by atoms with E-state index in [4.69, 9.17) is 0 Å². The molecule has 3 aromatic rings. The second-order valence-electron chi connectivity index (χ2n) is 5.56. The van der Waals surface area contributed by atoms with Gasteiger partial charge in [-0.3, -0.25) is 15.0 Å². The molecule has 2 heterocycles. The van der Waals surface area contributed by atoms with E-state index in [0.29, 0.717) is 5.69 Å².